The fraction of sp³-hybridized carbons (Fsp3) is 0.450. The summed E-state index contributed by atoms with van der Waals surface area (Å²) < 4.78 is 39.5. The minimum Gasteiger partial charge on any atom is -0.357 e. The number of aliphatic imine (C=N–C) groups is 1. The maximum Gasteiger partial charge on any atom is 0.252 e. The molecule has 10 heteroatoms. The number of nitrogens with zero attached hydrogens (tertiary/aromatic N) is 2. The van der Waals surface area contributed by atoms with Gasteiger partial charge < -0.3 is 10.6 Å². The third kappa shape index (κ3) is 7.17. The molecule has 0 aliphatic heterocycles. The van der Waals surface area contributed by atoms with Crippen LogP contribution in [0.3, 0.4) is 0 Å². The van der Waals surface area contributed by atoms with E-state index in [1.807, 2.05) is 26.8 Å². The summed E-state index contributed by atoms with van der Waals surface area (Å²) in [5.74, 6) is 0.375. The largest absolute Gasteiger partial charge is 0.357 e. The van der Waals surface area contributed by atoms with Gasteiger partial charge in [0.15, 0.2) is 5.96 Å². The van der Waals surface area contributed by atoms with Gasteiger partial charge >= 0.3 is 0 Å². The fourth-order valence-electron chi connectivity index (χ4n) is 2.58. The standard InChI is InChI=1S/C20H29FN4O2S2.HI/c1-6-22-19(24-14-20(2,3)15-8-7-9-16(21)12-15)23-13-17-10-11-18(28-17)29(26,27)25(4)5;/h7-12H,6,13-14H2,1-5H3,(H2,22,23,24);1H. The number of guanidine groups is 1. The first-order valence-electron chi connectivity index (χ1n) is 9.35. The zero-order chi connectivity index (χ0) is 21.7. The molecule has 0 amide bonds. The van der Waals surface area contributed by atoms with Crippen molar-refractivity contribution in [2.45, 2.75) is 36.9 Å². The molecule has 0 spiro atoms. The van der Waals surface area contributed by atoms with Gasteiger partial charge in [0.25, 0.3) is 10.0 Å². The maximum absolute atomic E-state index is 13.6. The van der Waals surface area contributed by atoms with Crippen LogP contribution < -0.4 is 10.6 Å². The van der Waals surface area contributed by atoms with Gasteiger partial charge in [0.1, 0.15) is 10.0 Å². The van der Waals surface area contributed by atoms with Crippen molar-refractivity contribution in [1.82, 2.24) is 14.9 Å². The van der Waals surface area contributed by atoms with Gasteiger partial charge in [-0.2, -0.15) is 0 Å². The van der Waals surface area contributed by atoms with Crippen molar-refractivity contribution < 1.29 is 12.8 Å². The van der Waals surface area contributed by atoms with E-state index in [0.717, 1.165) is 10.4 Å². The number of thiophene rings is 1. The lowest BCUT2D eigenvalue weighted by molar-refractivity contribution is 0.503. The Bertz CT molecular complexity index is 959. The van der Waals surface area contributed by atoms with Gasteiger partial charge in [0.05, 0.1) is 6.54 Å². The molecule has 0 radical (unpaired) electrons. The first kappa shape index (κ1) is 26.8. The molecular formula is C20H30FIN4O2S2. The van der Waals surface area contributed by atoms with E-state index in [0.29, 0.717) is 29.8 Å². The van der Waals surface area contributed by atoms with E-state index in [2.05, 4.69) is 15.6 Å². The Morgan fingerprint density at radius 1 is 1.20 bits per heavy atom. The third-order valence-electron chi connectivity index (χ3n) is 4.41. The highest BCUT2D eigenvalue weighted by Gasteiger charge is 2.22. The van der Waals surface area contributed by atoms with Crippen LogP contribution in [0.4, 0.5) is 4.39 Å². The van der Waals surface area contributed by atoms with E-state index >= 15 is 0 Å². The molecule has 2 aromatic rings. The Labute approximate surface area is 200 Å². The van der Waals surface area contributed by atoms with Gasteiger partial charge in [-0.15, -0.1) is 35.3 Å². The average molecular weight is 569 g/mol. The summed E-state index contributed by atoms with van der Waals surface area (Å²) in [6.45, 7) is 7.67. The molecule has 0 saturated heterocycles. The Morgan fingerprint density at radius 3 is 2.50 bits per heavy atom. The predicted molar refractivity (Wildman–Crippen MR) is 133 cm³/mol. The van der Waals surface area contributed by atoms with Crippen molar-refractivity contribution in [3.8, 4) is 0 Å². The summed E-state index contributed by atoms with van der Waals surface area (Å²) in [5, 5.41) is 6.49. The quantitative estimate of drug-likeness (QED) is 0.289. The van der Waals surface area contributed by atoms with Crippen LogP contribution in [-0.4, -0.2) is 45.9 Å². The van der Waals surface area contributed by atoms with Crippen LogP contribution in [0.2, 0.25) is 0 Å². The number of sulfonamides is 1. The molecule has 0 aliphatic carbocycles. The summed E-state index contributed by atoms with van der Waals surface area (Å²) in [7, 11) is -0.398. The molecule has 2 N–H and O–H groups in total. The molecular weight excluding hydrogens is 538 g/mol. The molecule has 0 atom stereocenters. The zero-order valence-corrected chi connectivity index (χ0v) is 21.9. The normalized spacial score (nSPS) is 12.6. The van der Waals surface area contributed by atoms with Gasteiger partial charge in [-0.05, 0) is 36.8 Å². The molecule has 1 aromatic heterocycles. The van der Waals surface area contributed by atoms with Crippen LogP contribution >= 0.6 is 35.3 Å². The predicted octanol–water partition coefficient (Wildman–Crippen LogP) is 3.79. The summed E-state index contributed by atoms with van der Waals surface area (Å²) in [6, 6.07) is 9.99. The smallest absolute Gasteiger partial charge is 0.252 e. The van der Waals surface area contributed by atoms with E-state index in [9.17, 15) is 12.8 Å². The molecule has 0 unspecified atom stereocenters. The van der Waals surface area contributed by atoms with Gasteiger partial charge in [-0.25, -0.2) is 22.1 Å². The number of rotatable bonds is 8. The second-order valence-electron chi connectivity index (χ2n) is 7.45. The van der Waals surface area contributed by atoms with Crippen molar-refractivity contribution in [2.75, 3.05) is 27.2 Å². The molecule has 0 bridgehead atoms. The Hall–Kier alpha value is -1.24. The van der Waals surface area contributed by atoms with Crippen LogP contribution in [0.1, 0.15) is 31.2 Å². The van der Waals surface area contributed by atoms with Gasteiger partial charge in [0.2, 0.25) is 0 Å². The van der Waals surface area contributed by atoms with Crippen molar-refractivity contribution in [2.24, 2.45) is 4.99 Å². The van der Waals surface area contributed by atoms with Gasteiger partial charge in [-0.1, -0.05) is 26.0 Å². The molecule has 2 rings (SSSR count). The highest BCUT2D eigenvalue weighted by molar-refractivity contribution is 14.0. The molecule has 6 nitrogen and oxygen atoms in total. The lowest BCUT2D eigenvalue weighted by Crippen LogP contribution is -2.43. The Morgan fingerprint density at radius 2 is 1.90 bits per heavy atom. The number of benzene rings is 1. The first-order chi connectivity index (χ1) is 13.6. The minimum absolute atomic E-state index is 0. The first-order valence-corrected chi connectivity index (χ1v) is 11.6. The Kier molecular flexibility index (Phi) is 10.2. The number of nitrogens with one attached hydrogen (secondary N) is 2. The second kappa shape index (κ2) is 11.4. The van der Waals surface area contributed by atoms with E-state index in [1.54, 1.807) is 24.3 Å². The number of hydrogen-bond donors (Lipinski definition) is 2. The highest BCUT2D eigenvalue weighted by Crippen LogP contribution is 2.25. The fourth-order valence-corrected chi connectivity index (χ4v) is 5.03. The topological polar surface area (TPSA) is 73.8 Å². The van der Waals surface area contributed by atoms with Crippen molar-refractivity contribution in [3.63, 3.8) is 0 Å². The van der Waals surface area contributed by atoms with Crippen molar-refractivity contribution >= 4 is 51.3 Å². The lowest BCUT2D eigenvalue weighted by atomic mass is 9.84. The van der Waals surface area contributed by atoms with Crippen molar-refractivity contribution in [1.29, 1.82) is 0 Å². The summed E-state index contributed by atoms with van der Waals surface area (Å²) in [6.07, 6.45) is 0. The average Bonchev–Trinajstić information content (AvgIpc) is 3.14. The Balaban J connectivity index is 0.00000450. The van der Waals surface area contributed by atoms with E-state index in [1.165, 1.54) is 35.8 Å². The molecule has 168 valence electrons. The van der Waals surface area contributed by atoms with Crippen LogP contribution in [0.15, 0.2) is 45.6 Å². The molecule has 1 heterocycles. The number of halogens is 2. The lowest BCUT2D eigenvalue weighted by Gasteiger charge is -2.26. The van der Waals surface area contributed by atoms with Gasteiger partial charge in [0, 0.05) is 37.5 Å². The minimum atomic E-state index is -3.43. The van der Waals surface area contributed by atoms with E-state index in [4.69, 9.17) is 0 Å². The third-order valence-corrected chi connectivity index (χ3v) is 7.77. The molecule has 30 heavy (non-hydrogen) atoms. The second-order valence-corrected chi connectivity index (χ2v) is 11.0. The monoisotopic (exact) mass is 568 g/mol. The SMILES string of the molecule is CCNC(=NCc1ccc(S(=O)(=O)N(C)C)s1)NCC(C)(C)c1cccc(F)c1.I. The van der Waals surface area contributed by atoms with Crippen LogP contribution in [0, 0.1) is 5.82 Å². The van der Waals surface area contributed by atoms with Crippen LogP contribution in [0.25, 0.3) is 0 Å². The van der Waals surface area contributed by atoms with Crippen molar-refractivity contribution in [3.05, 3.63) is 52.7 Å². The maximum atomic E-state index is 13.6. The molecule has 0 fully saturated rings. The zero-order valence-electron chi connectivity index (χ0n) is 17.9. The summed E-state index contributed by atoms with van der Waals surface area (Å²) in [5.41, 5.74) is 0.603. The van der Waals surface area contributed by atoms with E-state index in [-0.39, 0.29) is 35.2 Å². The van der Waals surface area contributed by atoms with Crippen LogP contribution in [-0.2, 0) is 22.0 Å². The van der Waals surface area contributed by atoms with Crippen LogP contribution in [0.5, 0.6) is 0 Å². The summed E-state index contributed by atoms with van der Waals surface area (Å²) >= 11 is 1.22. The molecule has 0 aliphatic rings. The summed E-state index contributed by atoms with van der Waals surface area (Å²) in [4.78, 5) is 5.41. The molecule has 0 saturated carbocycles. The molecule has 1 aromatic carbocycles. The number of hydrogen-bond acceptors (Lipinski definition) is 4. The van der Waals surface area contributed by atoms with E-state index < -0.39 is 10.0 Å². The highest BCUT2D eigenvalue weighted by atomic mass is 127. The van der Waals surface area contributed by atoms with Gasteiger partial charge in [-0.3, -0.25) is 0 Å².